The number of hydrogen-bond donors (Lipinski definition) is 3. The van der Waals surface area contributed by atoms with Gasteiger partial charge in [-0.05, 0) is 0 Å². The average molecular weight is 248 g/mol. The molecule has 16 heavy (non-hydrogen) atoms. The van der Waals surface area contributed by atoms with E-state index in [9.17, 15) is 9.59 Å². The Balaban J connectivity index is -0.000000327. The molecule has 92 valence electrons. The number of carbonyl (C=O) groups excluding carboxylic acids is 1. The van der Waals surface area contributed by atoms with E-state index in [1.165, 1.54) is 0 Å². The third-order valence-corrected chi connectivity index (χ3v) is 1.47. The molecule has 0 saturated carbocycles. The fraction of sp³-hybridized carbons (Fsp3) is 0.750. The van der Waals surface area contributed by atoms with Gasteiger partial charge in [-0.1, -0.05) is 0 Å². The number of carboxylic acids is 1. The summed E-state index contributed by atoms with van der Waals surface area (Å²) >= 11 is 0. The van der Waals surface area contributed by atoms with E-state index in [1.807, 2.05) is 0 Å². The largest absolute Gasteiger partial charge is 2.00 e. The number of carbonyl (C=O) groups is 2. The second-order valence-electron chi connectivity index (χ2n) is 2.73. The number of hydroxylamine groups is 2. The van der Waals surface area contributed by atoms with Crippen LogP contribution in [-0.2, 0) is 14.4 Å². The van der Waals surface area contributed by atoms with E-state index >= 15 is 0 Å². The summed E-state index contributed by atoms with van der Waals surface area (Å²) in [5.41, 5.74) is 0. The van der Waals surface area contributed by atoms with Crippen LogP contribution in [0.3, 0.4) is 0 Å². The van der Waals surface area contributed by atoms with E-state index < -0.39 is 11.9 Å². The molecule has 0 unspecified atom stereocenters. The molecule has 7 nitrogen and oxygen atoms in total. The van der Waals surface area contributed by atoms with Gasteiger partial charge in [0, 0.05) is 0 Å². The van der Waals surface area contributed by atoms with Crippen molar-refractivity contribution in [1.29, 1.82) is 0 Å². The first-order valence-electron chi connectivity index (χ1n) is 4.49. The van der Waals surface area contributed by atoms with Gasteiger partial charge in [-0.25, -0.2) is 0 Å². The number of aliphatic carboxylic acids is 1. The number of aliphatic hydroxyl groups is 2. The quantitative estimate of drug-likeness (QED) is 0.352. The van der Waals surface area contributed by atoms with Gasteiger partial charge in [0.15, 0.2) is 0 Å². The molecule has 0 rings (SSSR count). The molecular formula is C8H17MgNO6. The molecule has 0 atom stereocenters. The van der Waals surface area contributed by atoms with Crippen LogP contribution in [0.4, 0.5) is 0 Å². The van der Waals surface area contributed by atoms with Crippen molar-refractivity contribution in [2.45, 2.75) is 12.8 Å². The molecule has 3 N–H and O–H groups in total. The molecule has 0 aromatic heterocycles. The monoisotopic (exact) mass is 247 g/mol. The minimum absolute atomic E-state index is 0. The van der Waals surface area contributed by atoms with Crippen molar-refractivity contribution in [2.24, 2.45) is 0 Å². The Kier molecular flexibility index (Phi) is 12.4. The first kappa shape index (κ1) is 18.0. The van der Waals surface area contributed by atoms with Gasteiger partial charge < -0.3 is 23.0 Å². The molecule has 0 aliphatic rings. The Morgan fingerprint density at radius 3 is 2.00 bits per heavy atom. The molecule has 0 amide bonds. The summed E-state index contributed by atoms with van der Waals surface area (Å²) in [4.78, 5) is 25.8. The number of carboxylic acid groups (broad SMARTS) is 1. The van der Waals surface area contributed by atoms with Crippen molar-refractivity contribution < 1.29 is 32.6 Å². The maximum absolute atomic E-state index is 11.0. The number of hydrogen-bond acceptors (Lipinski definition) is 6. The SMILES string of the molecule is O=C(O)CCC(=O)ON(CCO)CCO.[H-].[H-].[Mg+2]. The summed E-state index contributed by atoms with van der Waals surface area (Å²) in [7, 11) is 0. The molecule has 0 bridgehead atoms. The third-order valence-electron chi connectivity index (χ3n) is 1.47. The fourth-order valence-electron chi connectivity index (χ4n) is 0.825. The van der Waals surface area contributed by atoms with Crippen molar-refractivity contribution >= 4 is 35.0 Å². The third kappa shape index (κ3) is 10.1. The van der Waals surface area contributed by atoms with Crippen LogP contribution in [0.15, 0.2) is 0 Å². The molecule has 0 fully saturated rings. The molecule has 8 heteroatoms. The van der Waals surface area contributed by atoms with E-state index in [0.717, 1.165) is 5.06 Å². The van der Waals surface area contributed by atoms with Gasteiger partial charge >= 0.3 is 35.0 Å². The van der Waals surface area contributed by atoms with Crippen LogP contribution in [0.2, 0.25) is 0 Å². The Bertz CT molecular complexity index is 216. The summed E-state index contributed by atoms with van der Waals surface area (Å²) in [5.74, 6) is -1.78. The van der Waals surface area contributed by atoms with E-state index in [4.69, 9.17) is 20.2 Å². The standard InChI is InChI=1S/C8H15NO6.Mg.2H/c10-5-3-9(4-6-11)15-8(14)2-1-7(12)13;;;/h10-11H,1-6H2,(H,12,13);;;/q;+2;2*-1. The first-order valence-corrected chi connectivity index (χ1v) is 4.49. The minimum atomic E-state index is -1.08. The smallest absolute Gasteiger partial charge is 1.00 e. The molecule has 0 radical (unpaired) electrons. The molecule has 0 aromatic rings. The molecular weight excluding hydrogens is 230 g/mol. The summed E-state index contributed by atoms with van der Waals surface area (Å²) < 4.78 is 0. The molecule has 0 heterocycles. The number of aliphatic hydroxyl groups excluding tert-OH is 2. The zero-order valence-corrected chi connectivity index (χ0v) is 10.4. The second kappa shape index (κ2) is 11.1. The van der Waals surface area contributed by atoms with Gasteiger partial charge in [0.1, 0.15) is 0 Å². The summed E-state index contributed by atoms with van der Waals surface area (Å²) in [6.45, 7) is -0.267. The van der Waals surface area contributed by atoms with Crippen molar-refractivity contribution in [1.82, 2.24) is 5.06 Å². The zero-order chi connectivity index (χ0) is 11.7. The van der Waals surface area contributed by atoms with Crippen molar-refractivity contribution in [2.75, 3.05) is 26.3 Å². The van der Waals surface area contributed by atoms with Gasteiger partial charge in [-0.15, -0.1) is 5.06 Å². The average Bonchev–Trinajstić information content (AvgIpc) is 2.15. The van der Waals surface area contributed by atoms with Gasteiger partial charge in [-0.3, -0.25) is 9.59 Å². The maximum atomic E-state index is 11.0. The van der Waals surface area contributed by atoms with E-state index in [2.05, 4.69) is 0 Å². The van der Waals surface area contributed by atoms with Gasteiger partial charge in [0.2, 0.25) is 0 Å². The van der Waals surface area contributed by atoms with Crippen LogP contribution in [-0.4, -0.2) is 81.7 Å². The Hall–Kier alpha value is -0.414. The van der Waals surface area contributed by atoms with E-state index in [0.29, 0.717) is 0 Å². The normalized spacial score (nSPS) is 9.69. The van der Waals surface area contributed by atoms with Crippen LogP contribution in [0, 0.1) is 0 Å². The van der Waals surface area contributed by atoms with Crippen LogP contribution < -0.4 is 0 Å². The predicted molar refractivity (Wildman–Crippen MR) is 56.7 cm³/mol. The molecule has 0 aliphatic carbocycles. The van der Waals surface area contributed by atoms with Crippen LogP contribution >= 0.6 is 0 Å². The van der Waals surface area contributed by atoms with Crippen LogP contribution in [0.1, 0.15) is 15.7 Å². The molecule has 0 spiro atoms. The van der Waals surface area contributed by atoms with Gasteiger partial charge in [0.05, 0.1) is 39.1 Å². The molecule has 0 saturated heterocycles. The Labute approximate surface area is 112 Å². The number of nitrogens with zero attached hydrogens (tertiary/aromatic N) is 1. The van der Waals surface area contributed by atoms with E-state index in [-0.39, 0.29) is 65.1 Å². The van der Waals surface area contributed by atoms with Crippen molar-refractivity contribution in [3.63, 3.8) is 0 Å². The Morgan fingerprint density at radius 2 is 1.62 bits per heavy atom. The summed E-state index contributed by atoms with van der Waals surface area (Å²) in [6.07, 6.45) is -0.534. The van der Waals surface area contributed by atoms with Crippen molar-refractivity contribution in [3.8, 4) is 0 Å². The maximum Gasteiger partial charge on any atom is 2.00 e. The van der Waals surface area contributed by atoms with Crippen LogP contribution in [0.5, 0.6) is 0 Å². The van der Waals surface area contributed by atoms with Crippen molar-refractivity contribution in [3.05, 3.63) is 0 Å². The first-order chi connectivity index (χ1) is 7.10. The topological polar surface area (TPSA) is 107 Å². The fourth-order valence-corrected chi connectivity index (χ4v) is 0.825. The predicted octanol–water partition coefficient (Wildman–Crippen LogP) is -1.56. The van der Waals surface area contributed by atoms with Crippen LogP contribution in [0.25, 0.3) is 0 Å². The number of rotatable bonds is 8. The zero-order valence-electron chi connectivity index (χ0n) is 11.0. The minimum Gasteiger partial charge on any atom is -1.00 e. The summed E-state index contributed by atoms with van der Waals surface area (Å²) in [5, 5.41) is 26.6. The second-order valence-corrected chi connectivity index (χ2v) is 2.73. The Morgan fingerprint density at radius 1 is 1.12 bits per heavy atom. The summed E-state index contributed by atoms with van der Waals surface area (Å²) in [6, 6.07) is 0. The molecule has 0 aliphatic heterocycles. The van der Waals surface area contributed by atoms with E-state index in [1.54, 1.807) is 0 Å². The van der Waals surface area contributed by atoms with Gasteiger partial charge in [0.25, 0.3) is 0 Å². The molecule has 0 aromatic carbocycles. The van der Waals surface area contributed by atoms with Gasteiger partial charge in [-0.2, -0.15) is 0 Å².